The number of ketones is 1. The Labute approximate surface area is 123 Å². The molecule has 1 heterocycles. The molecule has 0 radical (unpaired) electrons. The maximum Gasteiger partial charge on any atom is 0.232 e. The van der Waals surface area contributed by atoms with Crippen molar-refractivity contribution in [2.75, 3.05) is 6.61 Å². The molecule has 1 aromatic rings. The third-order valence-electron chi connectivity index (χ3n) is 3.56. The van der Waals surface area contributed by atoms with Crippen LogP contribution in [0.3, 0.4) is 0 Å². The van der Waals surface area contributed by atoms with E-state index in [0.717, 1.165) is 0 Å². The summed E-state index contributed by atoms with van der Waals surface area (Å²) in [7, 11) is 0. The van der Waals surface area contributed by atoms with Crippen molar-refractivity contribution in [3.05, 3.63) is 29.3 Å². The number of carbonyl (C=O) groups is 3. The molecule has 0 spiro atoms. The van der Waals surface area contributed by atoms with E-state index in [-0.39, 0.29) is 36.5 Å². The lowest BCUT2D eigenvalue weighted by Crippen LogP contribution is -2.30. The van der Waals surface area contributed by atoms with Crippen LogP contribution in [0.1, 0.15) is 43.1 Å². The fourth-order valence-corrected chi connectivity index (χ4v) is 2.40. The van der Waals surface area contributed by atoms with Gasteiger partial charge >= 0.3 is 0 Å². The Bertz CT molecular complexity index is 594. The van der Waals surface area contributed by atoms with Crippen LogP contribution in [0.4, 0.5) is 0 Å². The van der Waals surface area contributed by atoms with Crippen molar-refractivity contribution in [1.29, 1.82) is 0 Å². The number of benzene rings is 1. The SMILES string of the molecule is CCOc1ccc(C(C)=O)cc1CN1C(=O)CC(C)C1=O. The van der Waals surface area contributed by atoms with Gasteiger partial charge in [0.15, 0.2) is 5.78 Å². The Morgan fingerprint density at radius 2 is 2.10 bits per heavy atom. The van der Waals surface area contributed by atoms with E-state index in [1.807, 2.05) is 6.92 Å². The molecule has 0 N–H and O–H groups in total. The number of Topliss-reactive ketones (excluding diaryl/α,β-unsaturated/α-hetero) is 1. The van der Waals surface area contributed by atoms with E-state index in [4.69, 9.17) is 4.74 Å². The molecule has 1 unspecified atom stereocenters. The fourth-order valence-electron chi connectivity index (χ4n) is 2.40. The second kappa shape index (κ2) is 6.08. The van der Waals surface area contributed by atoms with E-state index in [1.165, 1.54) is 11.8 Å². The number of carbonyl (C=O) groups excluding carboxylic acids is 3. The molecule has 0 saturated carbocycles. The van der Waals surface area contributed by atoms with Gasteiger partial charge in [-0.25, -0.2) is 0 Å². The van der Waals surface area contributed by atoms with E-state index in [1.54, 1.807) is 25.1 Å². The van der Waals surface area contributed by atoms with Crippen LogP contribution in [0.25, 0.3) is 0 Å². The zero-order chi connectivity index (χ0) is 15.6. The van der Waals surface area contributed by atoms with E-state index in [2.05, 4.69) is 0 Å². The van der Waals surface area contributed by atoms with Gasteiger partial charge in [0.1, 0.15) is 5.75 Å². The van der Waals surface area contributed by atoms with E-state index in [9.17, 15) is 14.4 Å². The van der Waals surface area contributed by atoms with Crippen molar-refractivity contribution in [3.8, 4) is 5.75 Å². The molecule has 2 amide bonds. The number of ether oxygens (including phenoxy) is 1. The molecular formula is C16H19NO4. The highest BCUT2D eigenvalue weighted by atomic mass is 16.5. The van der Waals surface area contributed by atoms with Gasteiger partial charge < -0.3 is 4.74 Å². The van der Waals surface area contributed by atoms with Gasteiger partial charge in [0.25, 0.3) is 0 Å². The van der Waals surface area contributed by atoms with Crippen LogP contribution in [-0.2, 0) is 16.1 Å². The molecule has 2 rings (SSSR count). The first kappa shape index (κ1) is 15.2. The zero-order valence-electron chi connectivity index (χ0n) is 12.5. The normalized spacial score (nSPS) is 18.2. The average molecular weight is 289 g/mol. The molecule has 0 aromatic heterocycles. The number of likely N-dealkylation sites (tertiary alicyclic amines) is 1. The van der Waals surface area contributed by atoms with Crippen LogP contribution in [0.5, 0.6) is 5.75 Å². The molecular weight excluding hydrogens is 270 g/mol. The standard InChI is InChI=1S/C16H19NO4/c1-4-21-14-6-5-12(11(3)18)8-13(14)9-17-15(19)7-10(2)16(17)20/h5-6,8,10H,4,7,9H2,1-3H3. The summed E-state index contributed by atoms with van der Waals surface area (Å²) in [5.41, 5.74) is 1.22. The second-order valence-electron chi connectivity index (χ2n) is 5.23. The van der Waals surface area contributed by atoms with Gasteiger partial charge in [-0.05, 0) is 32.0 Å². The van der Waals surface area contributed by atoms with Crippen molar-refractivity contribution in [2.24, 2.45) is 5.92 Å². The summed E-state index contributed by atoms with van der Waals surface area (Å²) in [6, 6.07) is 5.09. The van der Waals surface area contributed by atoms with Gasteiger partial charge in [0, 0.05) is 23.5 Å². The zero-order valence-corrected chi connectivity index (χ0v) is 12.5. The molecule has 1 aliphatic heterocycles. The summed E-state index contributed by atoms with van der Waals surface area (Å²) in [5, 5.41) is 0. The molecule has 0 bridgehead atoms. The first-order valence-electron chi connectivity index (χ1n) is 7.05. The van der Waals surface area contributed by atoms with E-state index in [0.29, 0.717) is 23.5 Å². The third-order valence-corrected chi connectivity index (χ3v) is 3.56. The smallest absolute Gasteiger partial charge is 0.232 e. The lowest BCUT2D eigenvalue weighted by atomic mass is 10.1. The topological polar surface area (TPSA) is 63.7 Å². The van der Waals surface area contributed by atoms with Gasteiger partial charge in [-0.3, -0.25) is 19.3 Å². The molecule has 1 atom stereocenters. The van der Waals surface area contributed by atoms with Crippen molar-refractivity contribution < 1.29 is 19.1 Å². The Kier molecular flexibility index (Phi) is 4.40. The lowest BCUT2D eigenvalue weighted by Gasteiger charge is -2.17. The van der Waals surface area contributed by atoms with Crippen molar-refractivity contribution in [1.82, 2.24) is 4.90 Å². The summed E-state index contributed by atoms with van der Waals surface area (Å²) in [6.45, 7) is 5.71. The van der Waals surface area contributed by atoms with Crippen molar-refractivity contribution in [3.63, 3.8) is 0 Å². The number of rotatable bonds is 5. The van der Waals surface area contributed by atoms with Crippen molar-refractivity contribution in [2.45, 2.75) is 33.7 Å². The Balaban J connectivity index is 2.32. The van der Waals surface area contributed by atoms with E-state index < -0.39 is 0 Å². The monoisotopic (exact) mass is 289 g/mol. The number of nitrogens with zero attached hydrogens (tertiary/aromatic N) is 1. The van der Waals surface area contributed by atoms with Gasteiger partial charge in [0.2, 0.25) is 11.8 Å². The Morgan fingerprint density at radius 3 is 2.62 bits per heavy atom. The predicted octanol–water partition coefficient (Wildman–Crippen LogP) is 2.18. The van der Waals surface area contributed by atoms with Gasteiger partial charge in [0.05, 0.1) is 13.2 Å². The minimum atomic E-state index is -0.274. The van der Waals surface area contributed by atoms with Gasteiger partial charge in [-0.2, -0.15) is 0 Å². The van der Waals surface area contributed by atoms with Crippen LogP contribution in [-0.4, -0.2) is 29.1 Å². The minimum Gasteiger partial charge on any atom is -0.494 e. The van der Waals surface area contributed by atoms with Crippen LogP contribution < -0.4 is 4.74 Å². The highest BCUT2D eigenvalue weighted by Gasteiger charge is 2.35. The quantitative estimate of drug-likeness (QED) is 0.615. The molecule has 1 fully saturated rings. The molecule has 21 heavy (non-hydrogen) atoms. The summed E-state index contributed by atoms with van der Waals surface area (Å²) in [5.74, 6) is -0.0859. The number of amides is 2. The highest BCUT2D eigenvalue weighted by molar-refractivity contribution is 6.03. The second-order valence-corrected chi connectivity index (χ2v) is 5.23. The number of hydrogen-bond acceptors (Lipinski definition) is 4. The maximum atomic E-state index is 12.0. The maximum absolute atomic E-state index is 12.0. The average Bonchev–Trinajstić information content (AvgIpc) is 2.67. The Hall–Kier alpha value is -2.17. The van der Waals surface area contributed by atoms with Crippen LogP contribution in [0, 0.1) is 5.92 Å². The molecule has 112 valence electrons. The molecule has 1 aliphatic rings. The summed E-state index contributed by atoms with van der Waals surface area (Å²) < 4.78 is 5.52. The molecule has 1 aromatic carbocycles. The Morgan fingerprint density at radius 1 is 1.38 bits per heavy atom. The van der Waals surface area contributed by atoms with Gasteiger partial charge in [-0.15, -0.1) is 0 Å². The number of hydrogen-bond donors (Lipinski definition) is 0. The summed E-state index contributed by atoms with van der Waals surface area (Å²) in [4.78, 5) is 36.6. The first-order valence-corrected chi connectivity index (χ1v) is 7.05. The lowest BCUT2D eigenvalue weighted by molar-refractivity contribution is -0.139. The summed E-state index contributed by atoms with van der Waals surface area (Å²) in [6.07, 6.45) is 0.245. The molecule has 5 nitrogen and oxygen atoms in total. The minimum absolute atomic E-state index is 0.0632. The molecule has 5 heteroatoms. The van der Waals surface area contributed by atoms with Crippen molar-refractivity contribution >= 4 is 17.6 Å². The number of imide groups is 1. The van der Waals surface area contributed by atoms with Crippen LogP contribution in [0.15, 0.2) is 18.2 Å². The first-order chi connectivity index (χ1) is 9.93. The molecule has 0 aliphatic carbocycles. The summed E-state index contributed by atoms with van der Waals surface area (Å²) >= 11 is 0. The third kappa shape index (κ3) is 3.12. The predicted molar refractivity (Wildman–Crippen MR) is 77.0 cm³/mol. The highest BCUT2D eigenvalue weighted by Crippen LogP contribution is 2.26. The van der Waals surface area contributed by atoms with Gasteiger partial charge in [-0.1, -0.05) is 6.92 Å². The van der Waals surface area contributed by atoms with E-state index >= 15 is 0 Å². The molecule has 1 saturated heterocycles. The fraction of sp³-hybridized carbons (Fsp3) is 0.438. The largest absolute Gasteiger partial charge is 0.494 e. The van der Waals surface area contributed by atoms with Crippen LogP contribution >= 0.6 is 0 Å². The van der Waals surface area contributed by atoms with Crippen LogP contribution in [0.2, 0.25) is 0 Å².